The van der Waals surface area contributed by atoms with Crippen molar-refractivity contribution in [3.05, 3.63) is 23.8 Å². The Morgan fingerprint density at radius 3 is 2.93 bits per heavy atom. The van der Waals surface area contributed by atoms with Crippen LogP contribution in [-0.4, -0.2) is 62.9 Å². The van der Waals surface area contributed by atoms with Gasteiger partial charge in [0.15, 0.2) is 0 Å². The fourth-order valence-corrected chi connectivity index (χ4v) is 4.28. The summed E-state index contributed by atoms with van der Waals surface area (Å²) in [5.41, 5.74) is 1.06. The summed E-state index contributed by atoms with van der Waals surface area (Å²) in [7, 11) is 0. The Balaban J connectivity index is 1.47. The molecule has 2 heterocycles. The van der Waals surface area contributed by atoms with Gasteiger partial charge in [0, 0.05) is 38.9 Å². The number of carbonyl (C=O) groups is 1. The highest BCUT2D eigenvalue weighted by Crippen LogP contribution is 2.31. The summed E-state index contributed by atoms with van der Waals surface area (Å²) in [6.45, 7) is 12.1. The molecule has 1 aromatic rings. The standard InChI is InChI=1S/C23H36N2O4/c1-4-27-12-6-10-25-11-9-21(17(3)15-25)24-23(26)19-13-18-14-20(28-5-2)7-8-22(18)29-16-19/h7-8,14,17,19,21H,4-6,9-13,15-16H2,1-3H3,(H,24,26). The molecule has 1 fully saturated rings. The minimum Gasteiger partial charge on any atom is -0.494 e. The third-order valence-corrected chi connectivity index (χ3v) is 5.90. The molecule has 0 bridgehead atoms. The van der Waals surface area contributed by atoms with Gasteiger partial charge in [-0.25, -0.2) is 0 Å². The maximum absolute atomic E-state index is 12.9. The van der Waals surface area contributed by atoms with Crippen molar-refractivity contribution in [2.24, 2.45) is 11.8 Å². The smallest absolute Gasteiger partial charge is 0.227 e. The monoisotopic (exact) mass is 404 g/mol. The van der Waals surface area contributed by atoms with Crippen LogP contribution in [0.15, 0.2) is 18.2 Å². The van der Waals surface area contributed by atoms with E-state index in [-0.39, 0.29) is 17.9 Å². The van der Waals surface area contributed by atoms with Crippen molar-refractivity contribution in [3.8, 4) is 11.5 Å². The Hall–Kier alpha value is -1.79. The van der Waals surface area contributed by atoms with Crippen molar-refractivity contribution < 1.29 is 19.0 Å². The van der Waals surface area contributed by atoms with Crippen LogP contribution in [0, 0.1) is 11.8 Å². The lowest BCUT2D eigenvalue weighted by Crippen LogP contribution is -2.52. The number of ether oxygens (including phenoxy) is 3. The highest BCUT2D eigenvalue weighted by atomic mass is 16.5. The predicted molar refractivity (Wildman–Crippen MR) is 114 cm³/mol. The zero-order chi connectivity index (χ0) is 20.6. The SMILES string of the molecule is CCOCCCN1CCC(NC(=O)C2COc3ccc(OCC)cc3C2)C(C)C1. The van der Waals surface area contributed by atoms with Crippen LogP contribution in [-0.2, 0) is 16.0 Å². The largest absolute Gasteiger partial charge is 0.494 e. The Bertz CT molecular complexity index is 666. The van der Waals surface area contributed by atoms with E-state index in [0.717, 1.165) is 62.8 Å². The van der Waals surface area contributed by atoms with E-state index < -0.39 is 0 Å². The molecule has 6 nitrogen and oxygen atoms in total. The van der Waals surface area contributed by atoms with E-state index in [1.165, 1.54) is 0 Å². The first-order valence-electron chi connectivity index (χ1n) is 11.1. The quantitative estimate of drug-likeness (QED) is 0.642. The number of hydrogen-bond donors (Lipinski definition) is 1. The normalized spacial score (nSPS) is 24.4. The van der Waals surface area contributed by atoms with Gasteiger partial charge in [-0.2, -0.15) is 0 Å². The summed E-state index contributed by atoms with van der Waals surface area (Å²) < 4.78 is 16.9. The lowest BCUT2D eigenvalue weighted by atomic mass is 9.91. The molecule has 0 radical (unpaired) electrons. The number of benzene rings is 1. The van der Waals surface area contributed by atoms with Crippen molar-refractivity contribution in [2.75, 3.05) is 46.1 Å². The molecule has 3 rings (SSSR count). The van der Waals surface area contributed by atoms with Gasteiger partial charge in [-0.15, -0.1) is 0 Å². The van der Waals surface area contributed by atoms with Crippen LogP contribution in [0.3, 0.4) is 0 Å². The minimum absolute atomic E-state index is 0.110. The van der Waals surface area contributed by atoms with Gasteiger partial charge in [-0.3, -0.25) is 4.79 Å². The molecular formula is C23H36N2O4. The first kappa shape index (κ1) is 21.9. The fraction of sp³-hybridized carbons (Fsp3) is 0.696. The maximum Gasteiger partial charge on any atom is 0.227 e. The molecule has 1 aromatic carbocycles. The van der Waals surface area contributed by atoms with Crippen molar-refractivity contribution in [1.29, 1.82) is 0 Å². The highest BCUT2D eigenvalue weighted by molar-refractivity contribution is 5.80. The van der Waals surface area contributed by atoms with Crippen molar-refractivity contribution in [2.45, 2.75) is 46.1 Å². The number of fused-ring (bicyclic) bond motifs is 1. The second kappa shape index (κ2) is 10.8. The Labute approximate surface area is 174 Å². The Kier molecular flexibility index (Phi) is 8.19. The number of nitrogens with one attached hydrogen (secondary N) is 1. The van der Waals surface area contributed by atoms with Gasteiger partial charge in [0.2, 0.25) is 5.91 Å². The van der Waals surface area contributed by atoms with Gasteiger partial charge in [0.25, 0.3) is 0 Å². The van der Waals surface area contributed by atoms with E-state index >= 15 is 0 Å². The molecule has 1 saturated heterocycles. The molecule has 0 spiro atoms. The first-order chi connectivity index (χ1) is 14.1. The molecule has 29 heavy (non-hydrogen) atoms. The molecule has 3 unspecified atom stereocenters. The van der Waals surface area contributed by atoms with Crippen LogP contribution in [0.2, 0.25) is 0 Å². The fourth-order valence-electron chi connectivity index (χ4n) is 4.28. The molecule has 2 aliphatic heterocycles. The van der Waals surface area contributed by atoms with Gasteiger partial charge in [-0.1, -0.05) is 6.92 Å². The van der Waals surface area contributed by atoms with E-state index in [1.807, 2.05) is 32.0 Å². The molecule has 162 valence electrons. The van der Waals surface area contributed by atoms with Gasteiger partial charge in [-0.05, 0) is 62.8 Å². The summed E-state index contributed by atoms with van der Waals surface area (Å²) in [6.07, 6.45) is 2.77. The van der Waals surface area contributed by atoms with Gasteiger partial charge in [0.05, 0.1) is 12.5 Å². The van der Waals surface area contributed by atoms with Crippen LogP contribution >= 0.6 is 0 Å². The third-order valence-electron chi connectivity index (χ3n) is 5.90. The number of rotatable bonds is 9. The third kappa shape index (κ3) is 6.09. The average Bonchev–Trinajstić information content (AvgIpc) is 2.72. The molecule has 6 heteroatoms. The molecule has 1 N–H and O–H groups in total. The zero-order valence-corrected chi connectivity index (χ0v) is 18.1. The predicted octanol–water partition coefficient (Wildman–Crippen LogP) is 2.89. The van der Waals surface area contributed by atoms with Crippen molar-refractivity contribution >= 4 is 5.91 Å². The van der Waals surface area contributed by atoms with E-state index in [1.54, 1.807) is 0 Å². The van der Waals surface area contributed by atoms with E-state index in [2.05, 4.69) is 17.1 Å². The van der Waals surface area contributed by atoms with Gasteiger partial charge >= 0.3 is 0 Å². The number of piperidine rings is 1. The van der Waals surface area contributed by atoms with E-state index in [0.29, 0.717) is 25.6 Å². The summed E-state index contributed by atoms with van der Waals surface area (Å²) >= 11 is 0. The molecule has 1 amide bonds. The maximum atomic E-state index is 12.9. The number of hydrogen-bond acceptors (Lipinski definition) is 5. The van der Waals surface area contributed by atoms with Crippen molar-refractivity contribution in [3.63, 3.8) is 0 Å². The number of amides is 1. The summed E-state index contributed by atoms with van der Waals surface area (Å²) in [4.78, 5) is 15.4. The lowest BCUT2D eigenvalue weighted by molar-refractivity contribution is -0.127. The Morgan fingerprint density at radius 2 is 2.17 bits per heavy atom. The second-order valence-corrected chi connectivity index (χ2v) is 8.15. The molecular weight excluding hydrogens is 368 g/mol. The zero-order valence-electron chi connectivity index (χ0n) is 18.1. The Morgan fingerprint density at radius 1 is 1.31 bits per heavy atom. The summed E-state index contributed by atoms with van der Waals surface area (Å²) in [5.74, 6) is 2.11. The number of likely N-dealkylation sites (tertiary alicyclic amines) is 1. The molecule has 3 atom stereocenters. The lowest BCUT2D eigenvalue weighted by Gasteiger charge is -2.38. The van der Waals surface area contributed by atoms with Crippen LogP contribution < -0.4 is 14.8 Å². The van der Waals surface area contributed by atoms with E-state index in [4.69, 9.17) is 14.2 Å². The summed E-state index contributed by atoms with van der Waals surface area (Å²) in [5, 5.41) is 3.30. The highest BCUT2D eigenvalue weighted by Gasteiger charge is 2.31. The van der Waals surface area contributed by atoms with Gasteiger partial charge in [0.1, 0.15) is 18.1 Å². The molecule has 0 aromatic heterocycles. The topological polar surface area (TPSA) is 60.0 Å². The molecule has 0 aliphatic carbocycles. The van der Waals surface area contributed by atoms with Crippen LogP contribution in [0.5, 0.6) is 11.5 Å². The second-order valence-electron chi connectivity index (χ2n) is 8.15. The number of carbonyl (C=O) groups excluding carboxylic acids is 1. The molecule has 0 saturated carbocycles. The van der Waals surface area contributed by atoms with Crippen LogP contribution in [0.4, 0.5) is 0 Å². The van der Waals surface area contributed by atoms with E-state index in [9.17, 15) is 4.79 Å². The number of nitrogens with zero attached hydrogens (tertiary/aromatic N) is 1. The van der Waals surface area contributed by atoms with Gasteiger partial charge < -0.3 is 24.4 Å². The first-order valence-corrected chi connectivity index (χ1v) is 11.1. The van der Waals surface area contributed by atoms with Crippen LogP contribution in [0.25, 0.3) is 0 Å². The van der Waals surface area contributed by atoms with Crippen molar-refractivity contribution in [1.82, 2.24) is 10.2 Å². The molecule has 2 aliphatic rings. The minimum atomic E-state index is -0.143. The summed E-state index contributed by atoms with van der Waals surface area (Å²) in [6, 6.07) is 6.10. The van der Waals surface area contributed by atoms with Crippen LogP contribution in [0.1, 0.15) is 39.2 Å². The average molecular weight is 405 g/mol.